The van der Waals surface area contributed by atoms with Gasteiger partial charge in [-0.15, -0.1) is 28.1 Å². The number of amides is 1. The number of hydrogen-bond donors (Lipinski definition) is 1. The summed E-state index contributed by atoms with van der Waals surface area (Å²) in [6.07, 6.45) is 5.65. The number of esters is 1. The van der Waals surface area contributed by atoms with Gasteiger partial charge < -0.3 is 14.8 Å². The molecule has 2 heterocycles. The number of thioether (sulfide) groups is 1. The molecule has 0 fully saturated rings. The lowest BCUT2D eigenvalue weighted by atomic mass is 9.95. The maximum Gasteiger partial charge on any atom is 0.341 e. The molecule has 2 aromatic heterocycles. The molecule has 1 N–H and O–H groups in total. The summed E-state index contributed by atoms with van der Waals surface area (Å²) in [6.45, 7) is 8.88. The first-order chi connectivity index (χ1) is 17.6. The molecule has 1 aromatic carbocycles. The predicted molar refractivity (Wildman–Crippen MR) is 143 cm³/mol. The standard InChI is InChI=1S/C26H30N4O4S2/c1-4-15-30-23(17-11-7-9-13-19(17)33-5-2)28-29-26(30)35-16-21(31)27-24-22(25(32)34-6-3)18-12-8-10-14-20(18)36-24/h4,7,9,11,13H,1,5-6,8,10,12,14-16H2,2-3H3,(H,27,31). The number of thiophene rings is 1. The lowest BCUT2D eigenvalue weighted by Crippen LogP contribution is -2.17. The molecule has 8 nitrogen and oxygen atoms in total. The molecule has 1 aliphatic carbocycles. The molecule has 1 amide bonds. The highest BCUT2D eigenvalue weighted by molar-refractivity contribution is 7.99. The maximum atomic E-state index is 12.9. The van der Waals surface area contributed by atoms with Gasteiger partial charge in [-0.2, -0.15) is 0 Å². The molecule has 3 aromatic rings. The third-order valence-electron chi connectivity index (χ3n) is 5.69. The molecule has 0 saturated heterocycles. The molecule has 0 saturated carbocycles. The summed E-state index contributed by atoms with van der Waals surface area (Å²) >= 11 is 2.77. The molecule has 0 spiro atoms. The largest absolute Gasteiger partial charge is 0.493 e. The Kier molecular flexibility index (Phi) is 8.82. The maximum absolute atomic E-state index is 12.9. The predicted octanol–water partition coefficient (Wildman–Crippen LogP) is 5.38. The second-order valence-electron chi connectivity index (χ2n) is 8.11. The van der Waals surface area contributed by atoms with Gasteiger partial charge in [0, 0.05) is 11.4 Å². The number of benzene rings is 1. The Bertz CT molecular complexity index is 1250. The normalized spacial score (nSPS) is 12.6. The van der Waals surface area contributed by atoms with E-state index in [0.29, 0.717) is 41.3 Å². The topological polar surface area (TPSA) is 95.3 Å². The Morgan fingerprint density at radius 2 is 2.00 bits per heavy atom. The number of nitrogens with zero attached hydrogens (tertiary/aromatic N) is 3. The number of nitrogens with one attached hydrogen (secondary N) is 1. The van der Waals surface area contributed by atoms with Gasteiger partial charge in [0.15, 0.2) is 11.0 Å². The zero-order chi connectivity index (χ0) is 25.5. The summed E-state index contributed by atoms with van der Waals surface area (Å²) in [6, 6.07) is 7.67. The molecule has 4 rings (SSSR count). The number of carbonyl (C=O) groups is 2. The van der Waals surface area contributed by atoms with Crippen LogP contribution in [0.1, 0.15) is 47.5 Å². The number of rotatable bonds is 11. The third kappa shape index (κ3) is 5.65. The van der Waals surface area contributed by atoms with E-state index < -0.39 is 0 Å². The average molecular weight is 527 g/mol. The fourth-order valence-corrected chi connectivity index (χ4v) is 6.23. The number of allylic oxidation sites excluding steroid dienone is 1. The van der Waals surface area contributed by atoms with E-state index in [4.69, 9.17) is 9.47 Å². The molecule has 190 valence electrons. The van der Waals surface area contributed by atoms with E-state index in [1.54, 1.807) is 13.0 Å². The van der Waals surface area contributed by atoms with Crippen molar-refractivity contribution in [2.24, 2.45) is 0 Å². The molecular weight excluding hydrogens is 496 g/mol. The van der Waals surface area contributed by atoms with E-state index in [9.17, 15) is 9.59 Å². The van der Waals surface area contributed by atoms with Gasteiger partial charge in [0.2, 0.25) is 5.91 Å². The molecule has 10 heteroatoms. The minimum atomic E-state index is -0.372. The number of aryl methyl sites for hydroxylation is 1. The monoisotopic (exact) mass is 526 g/mol. The molecule has 0 unspecified atom stereocenters. The van der Waals surface area contributed by atoms with Crippen molar-refractivity contribution in [3.05, 3.63) is 52.9 Å². The van der Waals surface area contributed by atoms with Gasteiger partial charge in [-0.3, -0.25) is 9.36 Å². The molecular formula is C26H30N4O4S2. The average Bonchev–Trinajstić information content (AvgIpc) is 3.44. The second-order valence-corrected chi connectivity index (χ2v) is 10.2. The number of fused-ring (bicyclic) bond motifs is 1. The molecule has 0 radical (unpaired) electrons. The quantitative estimate of drug-likeness (QED) is 0.204. The van der Waals surface area contributed by atoms with E-state index in [0.717, 1.165) is 47.4 Å². The number of anilines is 1. The van der Waals surface area contributed by atoms with Crippen molar-refractivity contribution in [1.29, 1.82) is 0 Å². The summed E-state index contributed by atoms with van der Waals surface area (Å²) in [5.41, 5.74) is 2.36. The summed E-state index contributed by atoms with van der Waals surface area (Å²) < 4.78 is 13.0. The van der Waals surface area contributed by atoms with Gasteiger partial charge in [0.05, 0.1) is 30.1 Å². The van der Waals surface area contributed by atoms with Crippen LogP contribution in [-0.4, -0.2) is 45.6 Å². The first-order valence-corrected chi connectivity index (χ1v) is 13.9. The van der Waals surface area contributed by atoms with Crippen molar-refractivity contribution < 1.29 is 19.1 Å². The number of carbonyl (C=O) groups excluding carboxylic acids is 2. The van der Waals surface area contributed by atoms with Crippen LogP contribution in [0.2, 0.25) is 0 Å². The van der Waals surface area contributed by atoms with Crippen LogP contribution in [0.15, 0.2) is 42.1 Å². The Morgan fingerprint density at radius 3 is 2.78 bits per heavy atom. The van der Waals surface area contributed by atoms with E-state index in [-0.39, 0.29) is 17.6 Å². The van der Waals surface area contributed by atoms with Gasteiger partial charge in [-0.05, 0) is 57.2 Å². The van der Waals surface area contributed by atoms with Gasteiger partial charge in [-0.25, -0.2) is 4.79 Å². The third-order valence-corrected chi connectivity index (χ3v) is 7.87. The number of para-hydroxylation sites is 1. The van der Waals surface area contributed by atoms with Crippen molar-refractivity contribution in [3.63, 3.8) is 0 Å². The van der Waals surface area contributed by atoms with Gasteiger partial charge >= 0.3 is 5.97 Å². The second kappa shape index (κ2) is 12.2. The molecule has 36 heavy (non-hydrogen) atoms. The molecule has 0 bridgehead atoms. The summed E-state index contributed by atoms with van der Waals surface area (Å²) in [7, 11) is 0. The highest BCUT2D eigenvalue weighted by Crippen LogP contribution is 2.39. The first-order valence-electron chi connectivity index (χ1n) is 12.1. The van der Waals surface area contributed by atoms with Crippen LogP contribution >= 0.6 is 23.1 Å². The highest BCUT2D eigenvalue weighted by Gasteiger charge is 2.27. The van der Waals surface area contributed by atoms with Crippen LogP contribution in [0, 0.1) is 0 Å². The minimum Gasteiger partial charge on any atom is -0.493 e. The molecule has 0 aliphatic heterocycles. The van der Waals surface area contributed by atoms with Crippen molar-refractivity contribution in [3.8, 4) is 17.1 Å². The minimum absolute atomic E-state index is 0.118. The lowest BCUT2D eigenvalue weighted by Gasteiger charge is -2.12. The van der Waals surface area contributed by atoms with E-state index >= 15 is 0 Å². The molecule has 0 atom stereocenters. The SMILES string of the molecule is C=CCn1c(SCC(=O)Nc2sc3c(c2C(=O)OCC)CCCC3)nnc1-c1ccccc1OCC. The Hall–Kier alpha value is -3.11. The summed E-state index contributed by atoms with van der Waals surface area (Å²) in [5.74, 6) is 0.905. The summed E-state index contributed by atoms with van der Waals surface area (Å²) in [5, 5.41) is 12.8. The fraction of sp³-hybridized carbons (Fsp3) is 0.385. The Labute approximate surface area is 219 Å². The van der Waals surface area contributed by atoms with Crippen LogP contribution < -0.4 is 10.1 Å². The Morgan fingerprint density at radius 1 is 1.19 bits per heavy atom. The lowest BCUT2D eigenvalue weighted by molar-refractivity contribution is -0.113. The zero-order valence-electron chi connectivity index (χ0n) is 20.5. The number of ether oxygens (including phenoxy) is 2. The van der Waals surface area contributed by atoms with Crippen molar-refractivity contribution >= 4 is 40.0 Å². The number of aromatic nitrogens is 3. The summed E-state index contributed by atoms with van der Waals surface area (Å²) in [4.78, 5) is 26.8. The van der Waals surface area contributed by atoms with E-state index in [1.165, 1.54) is 23.1 Å². The van der Waals surface area contributed by atoms with Crippen LogP contribution in [0.4, 0.5) is 5.00 Å². The van der Waals surface area contributed by atoms with E-state index in [2.05, 4.69) is 22.1 Å². The van der Waals surface area contributed by atoms with Gasteiger partial charge in [0.1, 0.15) is 10.8 Å². The smallest absolute Gasteiger partial charge is 0.341 e. The van der Waals surface area contributed by atoms with Crippen LogP contribution in [0.25, 0.3) is 11.4 Å². The van der Waals surface area contributed by atoms with Crippen LogP contribution in [0.5, 0.6) is 5.75 Å². The first kappa shape index (κ1) is 26.0. The van der Waals surface area contributed by atoms with Crippen LogP contribution in [-0.2, 0) is 28.9 Å². The van der Waals surface area contributed by atoms with Gasteiger partial charge in [-0.1, -0.05) is 30.0 Å². The molecule has 1 aliphatic rings. The van der Waals surface area contributed by atoms with Crippen molar-refractivity contribution in [2.75, 3.05) is 24.3 Å². The Balaban J connectivity index is 1.52. The van der Waals surface area contributed by atoms with Gasteiger partial charge in [0.25, 0.3) is 0 Å². The fourth-order valence-electron chi connectivity index (χ4n) is 4.19. The number of hydrogen-bond acceptors (Lipinski definition) is 8. The van der Waals surface area contributed by atoms with Crippen LogP contribution in [0.3, 0.4) is 0 Å². The van der Waals surface area contributed by atoms with Crippen molar-refractivity contribution in [1.82, 2.24) is 14.8 Å². The zero-order valence-corrected chi connectivity index (χ0v) is 22.2. The van der Waals surface area contributed by atoms with E-state index in [1.807, 2.05) is 35.8 Å². The van der Waals surface area contributed by atoms with Crippen molar-refractivity contribution in [2.45, 2.75) is 51.2 Å². The highest BCUT2D eigenvalue weighted by atomic mass is 32.2.